The molecule has 0 saturated heterocycles. The summed E-state index contributed by atoms with van der Waals surface area (Å²) < 4.78 is 0. The van der Waals surface area contributed by atoms with E-state index in [1.165, 1.54) is 6.07 Å². The van der Waals surface area contributed by atoms with Crippen LogP contribution in [0, 0.1) is 11.8 Å². The SMILES string of the molecule is CC(C)C1C=CC(C)(c2c(O)cc(O)cc2/C=C/c2ccccc2)CC1. The van der Waals surface area contributed by atoms with E-state index < -0.39 is 0 Å². The lowest BCUT2D eigenvalue weighted by atomic mass is 9.69. The summed E-state index contributed by atoms with van der Waals surface area (Å²) in [5.41, 5.74) is 2.60. The Morgan fingerprint density at radius 3 is 2.42 bits per heavy atom. The van der Waals surface area contributed by atoms with Gasteiger partial charge in [-0.2, -0.15) is 0 Å². The molecule has 2 atom stereocenters. The van der Waals surface area contributed by atoms with Gasteiger partial charge in [-0.05, 0) is 41.9 Å². The van der Waals surface area contributed by atoms with Crippen LogP contribution in [0.1, 0.15) is 50.3 Å². The number of benzene rings is 2. The number of rotatable bonds is 4. The summed E-state index contributed by atoms with van der Waals surface area (Å²) in [7, 11) is 0. The molecule has 0 aromatic heterocycles. The average Bonchev–Trinajstić information content (AvgIpc) is 2.60. The first-order chi connectivity index (χ1) is 12.4. The van der Waals surface area contributed by atoms with E-state index in [9.17, 15) is 10.2 Å². The number of hydrogen-bond acceptors (Lipinski definition) is 2. The van der Waals surface area contributed by atoms with Crippen molar-refractivity contribution in [1.29, 1.82) is 0 Å². The lowest BCUT2D eigenvalue weighted by Crippen LogP contribution is -2.26. The predicted molar refractivity (Wildman–Crippen MR) is 109 cm³/mol. The lowest BCUT2D eigenvalue weighted by molar-refractivity contribution is 0.349. The van der Waals surface area contributed by atoms with E-state index in [0.717, 1.165) is 29.5 Å². The van der Waals surface area contributed by atoms with Gasteiger partial charge in [-0.25, -0.2) is 0 Å². The zero-order valence-corrected chi connectivity index (χ0v) is 15.8. The van der Waals surface area contributed by atoms with Crippen molar-refractivity contribution in [2.24, 2.45) is 11.8 Å². The first-order valence-electron chi connectivity index (χ1n) is 9.38. The van der Waals surface area contributed by atoms with E-state index in [1.54, 1.807) is 6.07 Å². The second-order valence-electron chi connectivity index (χ2n) is 7.90. The standard InChI is InChI=1S/C24H28O2/c1-17(2)19-11-13-24(3,14-12-19)23-20(15-21(25)16-22(23)26)10-9-18-7-5-4-6-8-18/h4-11,13,15-17,19,25-26H,12,14H2,1-3H3/b10-9+. The molecule has 1 aliphatic rings. The summed E-state index contributed by atoms with van der Waals surface area (Å²) in [4.78, 5) is 0. The molecule has 2 unspecified atom stereocenters. The van der Waals surface area contributed by atoms with Gasteiger partial charge in [0.05, 0.1) is 0 Å². The van der Waals surface area contributed by atoms with Crippen LogP contribution in [-0.4, -0.2) is 10.2 Å². The fourth-order valence-corrected chi connectivity index (χ4v) is 3.88. The molecule has 2 heteroatoms. The topological polar surface area (TPSA) is 40.5 Å². The summed E-state index contributed by atoms with van der Waals surface area (Å²) >= 11 is 0. The van der Waals surface area contributed by atoms with Crippen LogP contribution in [0.5, 0.6) is 11.5 Å². The van der Waals surface area contributed by atoms with Crippen LogP contribution in [0.25, 0.3) is 12.2 Å². The Balaban J connectivity index is 2.02. The van der Waals surface area contributed by atoms with Crippen molar-refractivity contribution >= 4 is 12.2 Å². The largest absolute Gasteiger partial charge is 0.508 e. The Bertz CT molecular complexity index is 818. The van der Waals surface area contributed by atoms with Crippen molar-refractivity contribution in [3.63, 3.8) is 0 Å². The number of allylic oxidation sites excluding steroid dienone is 2. The summed E-state index contributed by atoms with van der Waals surface area (Å²) in [6, 6.07) is 13.2. The molecule has 0 bridgehead atoms. The summed E-state index contributed by atoms with van der Waals surface area (Å²) in [6.45, 7) is 6.68. The van der Waals surface area contributed by atoms with Crippen molar-refractivity contribution < 1.29 is 10.2 Å². The van der Waals surface area contributed by atoms with E-state index >= 15 is 0 Å². The molecule has 3 rings (SSSR count). The van der Waals surface area contributed by atoms with Gasteiger partial charge in [-0.1, -0.05) is 75.4 Å². The maximum absolute atomic E-state index is 10.6. The molecule has 0 saturated carbocycles. The van der Waals surface area contributed by atoms with E-state index in [-0.39, 0.29) is 16.9 Å². The van der Waals surface area contributed by atoms with Crippen molar-refractivity contribution in [3.8, 4) is 11.5 Å². The molecule has 26 heavy (non-hydrogen) atoms. The van der Waals surface area contributed by atoms with Gasteiger partial charge in [0.2, 0.25) is 0 Å². The molecule has 1 aliphatic carbocycles. The van der Waals surface area contributed by atoms with Crippen LogP contribution < -0.4 is 0 Å². The van der Waals surface area contributed by atoms with Gasteiger partial charge >= 0.3 is 0 Å². The third kappa shape index (κ3) is 3.85. The highest BCUT2D eigenvalue weighted by atomic mass is 16.3. The molecule has 0 heterocycles. The molecule has 0 radical (unpaired) electrons. The monoisotopic (exact) mass is 348 g/mol. The Hall–Kier alpha value is -2.48. The first kappa shape index (κ1) is 18.3. The van der Waals surface area contributed by atoms with Crippen molar-refractivity contribution in [1.82, 2.24) is 0 Å². The van der Waals surface area contributed by atoms with Crippen molar-refractivity contribution in [3.05, 3.63) is 71.3 Å². The zero-order chi connectivity index (χ0) is 18.7. The molecule has 0 fully saturated rings. The second-order valence-corrected chi connectivity index (χ2v) is 7.90. The Morgan fingerprint density at radius 1 is 1.08 bits per heavy atom. The quantitative estimate of drug-likeness (QED) is 0.514. The minimum Gasteiger partial charge on any atom is -0.508 e. The molecule has 2 aromatic carbocycles. The van der Waals surface area contributed by atoms with Crippen LogP contribution in [0.4, 0.5) is 0 Å². The molecule has 136 valence electrons. The highest BCUT2D eigenvalue weighted by molar-refractivity contribution is 5.74. The molecular formula is C24H28O2. The van der Waals surface area contributed by atoms with Gasteiger partial charge in [0.25, 0.3) is 0 Å². The maximum atomic E-state index is 10.6. The average molecular weight is 348 g/mol. The predicted octanol–water partition coefficient (Wildman–Crippen LogP) is 6.15. The van der Waals surface area contributed by atoms with E-state index in [0.29, 0.717) is 11.8 Å². The third-order valence-corrected chi connectivity index (χ3v) is 5.52. The summed E-state index contributed by atoms with van der Waals surface area (Å²) in [6.07, 6.45) is 10.6. The molecule has 2 N–H and O–H groups in total. The van der Waals surface area contributed by atoms with Crippen LogP contribution in [0.15, 0.2) is 54.6 Å². The van der Waals surface area contributed by atoms with Gasteiger partial charge < -0.3 is 10.2 Å². The van der Waals surface area contributed by atoms with Gasteiger partial charge in [-0.15, -0.1) is 0 Å². The Labute approximate surface area is 156 Å². The fraction of sp³-hybridized carbons (Fsp3) is 0.333. The summed E-state index contributed by atoms with van der Waals surface area (Å²) in [5, 5.41) is 20.6. The zero-order valence-electron chi connectivity index (χ0n) is 15.8. The van der Waals surface area contributed by atoms with Crippen LogP contribution in [0.2, 0.25) is 0 Å². The maximum Gasteiger partial charge on any atom is 0.123 e. The number of phenols is 2. The van der Waals surface area contributed by atoms with Crippen LogP contribution in [0.3, 0.4) is 0 Å². The molecule has 0 spiro atoms. The number of aromatic hydroxyl groups is 2. The minimum atomic E-state index is -0.237. The molecule has 2 nitrogen and oxygen atoms in total. The fourth-order valence-electron chi connectivity index (χ4n) is 3.88. The van der Waals surface area contributed by atoms with E-state index in [2.05, 4.69) is 32.9 Å². The van der Waals surface area contributed by atoms with Crippen LogP contribution in [-0.2, 0) is 5.41 Å². The summed E-state index contributed by atoms with van der Waals surface area (Å²) in [5.74, 6) is 1.46. The minimum absolute atomic E-state index is 0.0856. The van der Waals surface area contributed by atoms with Gasteiger partial charge in [-0.3, -0.25) is 0 Å². The highest BCUT2D eigenvalue weighted by Gasteiger charge is 2.33. The molecule has 0 amide bonds. The van der Waals surface area contributed by atoms with Crippen molar-refractivity contribution in [2.75, 3.05) is 0 Å². The second kappa shape index (κ2) is 7.41. The first-order valence-corrected chi connectivity index (χ1v) is 9.38. The molecular weight excluding hydrogens is 320 g/mol. The Kier molecular flexibility index (Phi) is 5.22. The third-order valence-electron chi connectivity index (χ3n) is 5.52. The van der Waals surface area contributed by atoms with E-state index in [4.69, 9.17) is 0 Å². The number of phenolic OH excluding ortho intramolecular Hbond substituents is 2. The van der Waals surface area contributed by atoms with Gasteiger partial charge in [0.1, 0.15) is 11.5 Å². The van der Waals surface area contributed by atoms with Gasteiger partial charge in [0, 0.05) is 17.0 Å². The lowest BCUT2D eigenvalue weighted by Gasteiger charge is -2.35. The van der Waals surface area contributed by atoms with Crippen molar-refractivity contribution in [2.45, 2.75) is 39.0 Å². The molecule has 2 aromatic rings. The number of hydrogen-bond donors (Lipinski definition) is 2. The molecule has 0 aliphatic heterocycles. The van der Waals surface area contributed by atoms with E-state index in [1.807, 2.05) is 42.5 Å². The Morgan fingerprint density at radius 2 is 1.81 bits per heavy atom. The highest BCUT2D eigenvalue weighted by Crippen LogP contribution is 2.45. The van der Waals surface area contributed by atoms with Crippen LogP contribution >= 0.6 is 0 Å². The smallest absolute Gasteiger partial charge is 0.123 e. The van der Waals surface area contributed by atoms with Gasteiger partial charge in [0.15, 0.2) is 0 Å². The normalized spacial score (nSPS) is 23.0.